The van der Waals surface area contributed by atoms with Gasteiger partial charge in [-0.05, 0) is 23.5 Å². The maximum absolute atomic E-state index is 12.8. The highest BCUT2D eigenvalue weighted by molar-refractivity contribution is 8.16. The molecule has 0 bridgehead atoms. The van der Waals surface area contributed by atoms with Gasteiger partial charge >= 0.3 is 5.97 Å². The molecule has 0 unspecified atom stereocenters. The molecule has 3 heterocycles. The van der Waals surface area contributed by atoms with E-state index >= 15 is 0 Å². The van der Waals surface area contributed by atoms with Crippen molar-refractivity contribution in [2.45, 2.75) is 19.3 Å². The van der Waals surface area contributed by atoms with E-state index in [9.17, 15) is 14.7 Å². The summed E-state index contributed by atoms with van der Waals surface area (Å²) in [6.45, 7) is 4.32. The Morgan fingerprint density at radius 3 is 2.88 bits per heavy atom. The third-order valence-corrected chi connectivity index (χ3v) is 6.31. The highest BCUT2D eigenvalue weighted by Crippen LogP contribution is 2.36. The van der Waals surface area contributed by atoms with E-state index in [0.717, 1.165) is 35.1 Å². The zero-order chi connectivity index (χ0) is 18.3. The fraction of sp³-hybridized carbons (Fsp3) is 0.421. The Hall–Kier alpha value is -2.28. The van der Waals surface area contributed by atoms with Crippen molar-refractivity contribution in [3.05, 3.63) is 46.5 Å². The molecular weight excluding hydrogens is 350 g/mol. The summed E-state index contributed by atoms with van der Waals surface area (Å²) in [6.07, 6.45) is 0.304. The van der Waals surface area contributed by atoms with Crippen molar-refractivity contribution >= 4 is 28.8 Å². The Balaban J connectivity index is 1.49. The molecule has 3 aliphatic heterocycles. The minimum absolute atomic E-state index is 0.00710. The number of fused-ring (bicyclic) bond motifs is 1. The van der Waals surface area contributed by atoms with Gasteiger partial charge in [-0.25, -0.2) is 0 Å². The number of likely N-dealkylation sites (tertiary alicyclic amines) is 1. The molecule has 2 atom stereocenters. The summed E-state index contributed by atoms with van der Waals surface area (Å²) in [5, 5.41) is 12.6. The van der Waals surface area contributed by atoms with Crippen molar-refractivity contribution in [3.8, 4) is 0 Å². The molecular formula is C19H21N3O3S. The molecule has 7 heteroatoms. The van der Waals surface area contributed by atoms with Crippen LogP contribution < -0.4 is 0 Å². The van der Waals surface area contributed by atoms with Gasteiger partial charge in [0, 0.05) is 31.2 Å². The van der Waals surface area contributed by atoms with E-state index in [2.05, 4.69) is 9.89 Å². The number of thioether (sulfide) groups is 1. The van der Waals surface area contributed by atoms with E-state index in [1.165, 1.54) is 0 Å². The molecule has 3 aliphatic rings. The molecule has 6 nitrogen and oxygen atoms in total. The molecule has 0 spiro atoms. The predicted molar refractivity (Wildman–Crippen MR) is 101 cm³/mol. The van der Waals surface area contributed by atoms with Crippen LogP contribution in [0.5, 0.6) is 0 Å². The lowest BCUT2D eigenvalue weighted by Gasteiger charge is -2.21. The first-order chi connectivity index (χ1) is 12.5. The number of rotatable bonds is 4. The molecule has 0 saturated carbocycles. The van der Waals surface area contributed by atoms with Crippen LogP contribution in [-0.4, -0.2) is 58.1 Å². The summed E-state index contributed by atoms with van der Waals surface area (Å²) >= 11 is 1.56. The van der Waals surface area contributed by atoms with Gasteiger partial charge < -0.3 is 14.9 Å². The van der Waals surface area contributed by atoms with Gasteiger partial charge in [0.2, 0.25) is 5.91 Å². The van der Waals surface area contributed by atoms with Gasteiger partial charge in [0.25, 0.3) is 0 Å². The summed E-state index contributed by atoms with van der Waals surface area (Å²) < 4.78 is 0. The molecule has 1 amide bonds. The SMILES string of the molecule is Cc1ccccc1[C@@H]1CN(C(=O)CC2=CSC3=NCCN23)C[C@H]1C(=O)O. The van der Waals surface area contributed by atoms with Crippen LogP contribution >= 0.6 is 11.8 Å². The number of carboxylic acids is 1. The van der Waals surface area contributed by atoms with Gasteiger partial charge in [-0.3, -0.25) is 14.6 Å². The molecule has 1 saturated heterocycles. The number of carboxylic acid groups (broad SMARTS) is 1. The average Bonchev–Trinajstić information content (AvgIpc) is 3.31. The Morgan fingerprint density at radius 1 is 1.31 bits per heavy atom. The molecule has 26 heavy (non-hydrogen) atoms. The molecule has 136 valence electrons. The Labute approximate surface area is 156 Å². The van der Waals surface area contributed by atoms with Gasteiger partial charge in [-0.15, -0.1) is 0 Å². The Bertz CT molecular complexity index is 820. The number of aliphatic carboxylic acids is 1. The monoisotopic (exact) mass is 371 g/mol. The molecule has 1 fully saturated rings. The molecule has 1 aromatic rings. The molecule has 0 aromatic heterocycles. The lowest BCUT2D eigenvalue weighted by atomic mass is 9.86. The van der Waals surface area contributed by atoms with Crippen LogP contribution in [-0.2, 0) is 9.59 Å². The van der Waals surface area contributed by atoms with Gasteiger partial charge in [-0.1, -0.05) is 36.0 Å². The number of carbonyl (C=O) groups is 2. The van der Waals surface area contributed by atoms with Crippen LogP contribution in [0, 0.1) is 12.8 Å². The number of benzene rings is 1. The number of nitrogens with zero attached hydrogens (tertiary/aromatic N) is 3. The van der Waals surface area contributed by atoms with E-state index in [1.54, 1.807) is 16.7 Å². The molecule has 4 rings (SSSR count). The number of aryl methyl sites for hydroxylation is 1. The first-order valence-electron chi connectivity index (χ1n) is 8.78. The molecule has 1 aromatic carbocycles. The van der Waals surface area contributed by atoms with Gasteiger partial charge in [-0.2, -0.15) is 0 Å². The van der Waals surface area contributed by atoms with E-state index in [0.29, 0.717) is 13.0 Å². The Kier molecular flexibility index (Phi) is 4.48. The van der Waals surface area contributed by atoms with Gasteiger partial charge in [0.1, 0.15) is 0 Å². The summed E-state index contributed by atoms with van der Waals surface area (Å²) in [4.78, 5) is 32.8. The minimum Gasteiger partial charge on any atom is -0.481 e. The smallest absolute Gasteiger partial charge is 0.308 e. The first kappa shape index (κ1) is 17.1. The zero-order valence-corrected chi connectivity index (χ0v) is 15.4. The van der Waals surface area contributed by atoms with E-state index < -0.39 is 11.9 Å². The zero-order valence-electron chi connectivity index (χ0n) is 14.6. The van der Waals surface area contributed by atoms with Crippen LogP contribution in [0.3, 0.4) is 0 Å². The van der Waals surface area contributed by atoms with Crippen LogP contribution in [0.25, 0.3) is 0 Å². The molecule has 1 N–H and O–H groups in total. The topological polar surface area (TPSA) is 73.2 Å². The number of amides is 1. The number of aliphatic imine (C=N–C) groups is 1. The largest absolute Gasteiger partial charge is 0.481 e. The highest BCUT2D eigenvalue weighted by atomic mass is 32.2. The van der Waals surface area contributed by atoms with Crippen LogP contribution in [0.15, 0.2) is 40.4 Å². The minimum atomic E-state index is -0.835. The van der Waals surface area contributed by atoms with Crippen molar-refractivity contribution < 1.29 is 14.7 Å². The van der Waals surface area contributed by atoms with Crippen LogP contribution in [0.1, 0.15) is 23.5 Å². The second-order valence-corrected chi connectivity index (χ2v) is 7.76. The first-order valence-corrected chi connectivity index (χ1v) is 9.66. The van der Waals surface area contributed by atoms with Crippen molar-refractivity contribution in [1.82, 2.24) is 9.80 Å². The highest BCUT2D eigenvalue weighted by Gasteiger charge is 2.41. The van der Waals surface area contributed by atoms with E-state index in [1.807, 2.05) is 36.6 Å². The fourth-order valence-corrected chi connectivity index (χ4v) is 4.91. The fourth-order valence-electron chi connectivity index (χ4n) is 3.96. The van der Waals surface area contributed by atoms with Crippen molar-refractivity contribution in [1.29, 1.82) is 0 Å². The van der Waals surface area contributed by atoms with Gasteiger partial charge in [0.05, 0.1) is 18.9 Å². The lowest BCUT2D eigenvalue weighted by molar-refractivity contribution is -0.141. The van der Waals surface area contributed by atoms with Crippen molar-refractivity contribution in [3.63, 3.8) is 0 Å². The van der Waals surface area contributed by atoms with Crippen LogP contribution in [0.4, 0.5) is 0 Å². The van der Waals surface area contributed by atoms with E-state index in [4.69, 9.17) is 0 Å². The maximum Gasteiger partial charge on any atom is 0.308 e. The maximum atomic E-state index is 12.8. The van der Waals surface area contributed by atoms with Crippen molar-refractivity contribution in [2.75, 3.05) is 26.2 Å². The predicted octanol–water partition coefficient (Wildman–Crippen LogP) is 2.27. The summed E-state index contributed by atoms with van der Waals surface area (Å²) in [6, 6.07) is 7.85. The lowest BCUT2D eigenvalue weighted by Crippen LogP contribution is -2.32. The third kappa shape index (κ3) is 3.00. The Morgan fingerprint density at radius 2 is 2.12 bits per heavy atom. The van der Waals surface area contributed by atoms with E-state index in [-0.39, 0.29) is 18.4 Å². The molecule has 0 radical (unpaired) electrons. The normalized spacial score (nSPS) is 24.5. The van der Waals surface area contributed by atoms with Crippen LogP contribution in [0.2, 0.25) is 0 Å². The van der Waals surface area contributed by atoms with Gasteiger partial charge in [0.15, 0.2) is 5.17 Å². The number of hydrogen-bond donors (Lipinski definition) is 1. The second kappa shape index (κ2) is 6.79. The quantitative estimate of drug-likeness (QED) is 0.879. The standard InChI is InChI=1S/C19H21N3O3S/c1-12-4-2-3-5-14(12)15-9-21(10-16(15)18(24)25)17(23)8-13-11-26-19-20-6-7-22(13)19/h2-5,11,15-16H,6-10H2,1H3,(H,24,25)/t15-,16+/m0/s1. The summed E-state index contributed by atoms with van der Waals surface area (Å²) in [5.41, 5.74) is 3.08. The second-order valence-electron chi connectivity index (χ2n) is 6.93. The number of hydrogen-bond acceptors (Lipinski definition) is 5. The van der Waals surface area contributed by atoms with Crippen molar-refractivity contribution in [2.24, 2.45) is 10.9 Å². The third-order valence-electron chi connectivity index (χ3n) is 5.36. The summed E-state index contributed by atoms with van der Waals surface area (Å²) in [7, 11) is 0. The summed E-state index contributed by atoms with van der Waals surface area (Å²) in [5.74, 6) is -1.56. The number of carbonyl (C=O) groups excluding carboxylic acids is 1. The molecule has 0 aliphatic carbocycles. The average molecular weight is 371 g/mol. The number of amidine groups is 1.